The maximum atomic E-state index is 13.4. The maximum absolute atomic E-state index is 13.4. The minimum Gasteiger partial charge on any atom is -0.300 e. The zero-order valence-electron chi connectivity index (χ0n) is 14.4. The van der Waals surface area contributed by atoms with Crippen LogP contribution in [0.1, 0.15) is 50.0 Å². The van der Waals surface area contributed by atoms with Gasteiger partial charge in [0, 0.05) is 11.5 Å². The number of rotatable bonds is 2. The van der Waals surface area contributed by atoms with Gasteiger partial charge >= 0.3 is 0 Å². The quantitative estimate of drug-likeness (QED) is 0.801. The van der Waals surface area contributed by atoms with Gasteiger partial charge in [0.25, 0.3) is 0 Å². The van der Waals surface area contributed by atoms with Crippen molar-refractivity contribution < 1.29 is 17.2 Å². The normalized spacial score (nSPS) is 31.6. The van der Waals surface area contributed by atoms with E-state index in [0.717, 1.165) is 57.2 Å². The van der Waals surface area contributed by atoms with Gasteiger partial charge in [0.15, 0.2) is 21.5 Å². The molecule has 4 rings (SSSR count). The van der Waals surface area contributed by atoms with Gasteiger partial charge in [-0.1, -0.05) is 6.07 Å². The highest BCUT2D eigenvalue weighted by Crippen LogP contribution is 2.44. The number of nitrogens with zero attached hydrogens (tertiary/aromatic N) is 1. The number of benzene rings is 1. The second-order valence-electron chi connectivity index (χ2n) is 8.25. The first-order chi connectivity index (χ1) is 11.9. The molecule has 0 unspecified atom stereocenters. The highest BCUT2D eigenvalue weighted by Gasteiger charge is 2.50. The van der Waals surface area contributed by atoms with Gasteiger partial charge in [0.1, 0.15) is 0 Å². The van der Waals surface area contributed by atoms with E-state index in [2.05, 4.69) is 4.90 Å². The van der Waals surface area contributed by atoms with E-state index in [0.29, 0.717) is 23.5 Å². The van der Waals surface area contributed by atoms with E-state index < -0.39 is 21.5 Å². The standard InChI is InChI=1S/C19H25F2NO2S/c20-17-6-3-15(11-18(17)21)14-1-4-16(5-2-14)22-9-7-19(8-10-22)12-25(23,24)13-19/h3,6,11,14,16H,1-2,4-5,7-10,12-13H2/t14-,16+. The number of hydrogen-bond acceptors (Lipinski definition) is 3. The summed E-state index contributed by atoms with van der Waals surface area (Å²) in [7, 11) is -2.75. The molecule has 2 heterocycles. The molecule has 3 aliphatic rings. The molecule has 3 nitrogen and oxygen atoms in total. The predicted octanol–water partition coefficient (Wildman–Crippen LogP) is 3.50. The van der Waals surface area contributed by atoms with Crippen LogP contribution in [0, 0.1) is 17.0 Å². The van der Waals surface area contributed by atoms with E-state index in [-0.39, 0.29) is 5.41 Å². The summed E-state index contributed by atoms with van der Waals surface area (Å²) in [5, 5.41) is 0. The highest BCUT2D eigenvalue weighted by atomic mass is 32.2. The number of piperidine rings is 1. The monoisotopic (exact) mass is 369 g/mol. The van der Waals surface area contributed by atoms with Crippen LogP contribution in [0.5, 0.6) is 0 Å². The van der Waals surface area contributed by atoms with Gasteiger partial charge in [0.2, 0.25) is 0 Å². The molecule has 0 aromatic heterocycles. The Kier molecular flexibility index (Phi) is 4.39. The summed E-state index contributed by atoms with van der Waals surface area (Å²) >= 11 is 0. The van der Waals surface area contributed by atoms with Gasteiger partial charge < -0.3 is 4.90 Å². The third kappa shape index (κ3) is 3.47. The Balaban J connectivity index is 1.30. The lowest BCUT2D eigenvalue weighted by Crippen LogP contribution is -2.56. The zero-order valence-corrected chi connectivity index (χ0v) is 15.2. The molecule has 25 heavy (non-hydrogen) atoms. The number of hydrogen-bond donors (Lipinski definition) is 0. The summed E-state index contributed by atoms with van der Waals surface area (Å²) in [4.78, 5) is 2.53. The molecule has 1 aromatic carbocycles. The molecular formula is C19H25F2NO2S. The second kappa shape index (κ2) is 6.31. The molecule has 3 fully saturated rings. The van der Waals surface area contributed by atoms with Crippen molar-refractivity contribution in [1.82, 2.24) is 4.90 Å². The average Bonchev–Trinajstić information content (AvgIpc) is 2.57. The predicted molar refractivity (Wildman–Crippen MR) is 93.2 cm³/mol. The third-order valence-corrected chi connectivity index (χ3v) is 8.64. The molecule has 0 radical (unpaired) electrons. The largest absolute Gasteiger partial charge is 0.300 e. The molecule has 1 spiro atoms. The minimum absolute atomic E-state index is 0.0676. The SMILES string of the molecule is O=S1(=O)CC2(CCN([C@H]3CC[C@@H](c4ccc(F)c(F)c4)CC3)CC2)C1. The Bertz CT molecular complexity index is 735. The van der Waals surface area contributed by atoms with Crippen LogP contribution in [0.4, 0.5) is 8.78 Å². The van der Waals surface area contributed by atoms with E-state index in [1.807, 2.05) is 0 Å². The molecule has 1 aromatic rings. The van der Waals surface area contributed by atoms with Crippen molar-refractivity contribution in [2.24, 2.45) is 5.41 Å². The van der Waals surface area contributed by atoms with Crippen LogP contribution >= 0.6 is 0 Å². The number of likely N-dealkylation sites (tertiary alicyclic amines) is 1. The molecule has 6 heteroatoms. The van der Waals surface area contributed by atoms with Gasteiger partial charge in [-0.25, -0.2) is 17.2 Å². The van der Waals surface area contributed by atoms with Crippen LogP contribution < -0.4 is 0 Å². The fraction of sp³-hybridized carbons (Fsp3) is 0.684. The van der Waals surface area contributed by atoms with E-state index in [9.17, 15) is 17.2 Å². The van der Waals surface area contributed by atoms with Gasteiger partial charge in [-0.05, 0) is 75.2 Å². The fourth-order valence-electron chi connectivity index (χ4n) is 5.08. The van der Waals surface area contributed by atoms with Crippen molar-refractivity contribution in [2.45, 2.75) is 50.5 Å². The first-order valence-electron chi connectivity index (χ1n) is 9.25. The summed E-state index contributed by atoms with van der Waals surface area (Å²) in [6.07, 6.45) is 6.16. The zero-order chi connectivity index (χ0) is 17.7. The van der Waals surface area contributed by atoms with Crippen molar-refractivity contribution in [2.75, 3.05) is 24.6 Å². The van der Waals surface area contributed by atoms with Crippen molar-refractivity contribution in [1.29, 1.82) is 0 Å². The van der Waals surface area contributed by atoms with Crippen LogP contribution in [-0.4, -0.2) is 44.0 Å². The third-order valence-electron chi connectivity index (χ3n) is 6.54. The van der Waals surface area contributed by atoms with E-state index in [1.165, 1.54) is 12.1 Å². The number of sulfone groups is 1. The lowest BCUT2D eigenvalue weighted by Gasteiger charge is -2.49. The van der Waals surface area contributed by atoms with Crippen LogP contribution in [0.15, 0.2) is 18.2 Å². The lowest BCUT2D eigenvalue weighted by molar-refractivity contribution is 0.0696. The summed E-state index contributed by atoms with van der Waals surface area (Å²) in [5.41, 5.74) is 0.979. The minimum atomic E-state index is -2.75. The Morgan fingerprint density at radius 3 is 2.16 bits per heavy atom. The van der Waals surface area contributed by atoms with Gasteiger partial charge in [-0.3, -0.25) is 0 Å². The van der Waals surface area contributed by atoms with Gasteiger partial charge in [0.05, 0.1) is 11.5 Å². The first-order valence-corrected chi connectivity index (χ1v) is 11.1. The number of halogens is 2. The first kappa shape index (κ1) is 17.4. The molecule has 0 amide bonds. The molecule has 2 aliphatic heterocycles. The Morgan fingerprint density at radius 2 is 1.60 bits per heavy atom. The molecule has 2 saturated heterocycles. The molecular weight excluding hydrogens is 344 g/mol. The van der Waals surface area contributed by atoms with Crippen molar-refractivity contribution in [3.05, 3.63) is 35.4 Å². The summed E-state index contributed by atoms with van der Waals surface area (Å²) in [6, 6.07) is 4.84. The average molecular weight is 369 g/mol. The van der Waals surface area contributed by atoms with Gasteiger partial charge in [-0.2, -0.15) is 0 Å². The van der Waals surface area contributed by atoms with Crippen molar-refractivity contribution in [3.63, 3.8) is 0 Å². The lowest BCUT2D eigenvalue weighted by atomic mass is 9.78. The maximum Gasteiger partial charge on any atom is 0.159 e. The summed E-state index contributed by atoms with van der Waals surface area (Å²) < 4.78 is 49.5. The summed E-state index contributed by atoms with van der Waals surface area (Å²) in [6.45, 7) is 1.99. The van der Waals surface area contributed by atoms with Crippen LogP contribution in [0.25, 0.3) is 0 Å². The molecule has 0 bridgehead atoms. The van der Waals surface area contributed by atoms with Crippen LogP contribution in [-0.2, 0) is 9.84 Å². The van der Waals surface area contributed by atoms with E-state index in [4.69, 9.17) is 0 Å². The van der Waals surface area contributed by atoms with E-state index >= 15 is 0 Å². The van der Waals surface area contributed by atoms with Crippen LogP contribution in [0.3, 0.4) is 0 Å². The van der Waals surface area contributed by atoms with Crippen molar-refractivity contribution >= 4 is 9.84 Å². The van der Waals surface area contributed by atoms with Crippen molar-refractivity contribution in [3.8, 4) is 0 Å². The van der Waals surface area contributed by atoms with E-state index in [1.54, 1.807) is 6.07 Å². The molecule has 0 N–H and O–H groups in total. The topological polar surface area (TPSA) is 37.4 Å². The Labute approximate surface area is 148 Å². The smallest absolute Gasteiger partial charge is 0.159 e. The highest BCUT2D eigenvalue weighted by molar-refractivity contribution is 7.92. The van der Waals surface area contributed by atoms with Gasteiger partial charge in [-0.15, -0.1) is 0 Å². The Hall–Kier alpha value is -1.01. The summed E-state index contributed by atoms with van der Waals surface area (Å²) in [5.74, 6) is -0.443. The molecule has 138 valence electrons. The fourth-order valence-corrected chi connectivity index (χ4v) is 7.44. The Morgan fingerprint density at radius 1 is 0.960 bits per heavy atom. The van der Waals surface area contributed by atoms with Crippen LogP contribution in [0.2, 0.25) is 0 Å². The molecule has 1 aliphatic carbocycles. The molecule has 0 atom stereocenters. The second-order valence-corrected chi connectivity index (χ2v) is 10.3. The molecule has 1 saturated carbocycles.